The summed E-state index contributed by atoms with van der Waals surface area (Å²) in [4.78, 5) is 0. The van der Waals surface area contributed by atoms with Crippen LogP contribution in [-0.2, 0) is 0 Å². The molecule has 84 valence electrons. The number of hydrogen-bond donors (Lipinski definition) is 1. The van der Waals surface area contributed by atoms with E-state index in [1.54, 1.807) is 0 Å². The highest BCUT2D eigenvalue weighted by Gasteiger charge is 2.14. The van der Waals surface area contributed by atoms with Crippen molar-refractivity contribution in [1.29, 1.82) is 0 Å². The molecule has 2 rings (SSSR count). The van der Waals surface area contributed by atoms with Gasteiger partial charge in [-0.1, -0.05) is 41.2 Å². The van der Waals surface area contributed by atoms with Crippen LogP contribution in [0.4, 0.5) is 0 Å². The summed E-state index contributed by atoms with van der Waals surface area (Å²) in [7, 11) is 0. The van der Waals surface area contributed by atoms with Gasteiger partial charge in [0, 0.05) is 5.38 Å². The molecule has 16 heavy (non-hydrogen) atoms. The molecule has 0 aliphatic rings. The van der Waals surface area contributed by atoms with Gasteiger partial charge in [-0.15, -0.1) is 5.10 Å². The molecule has 0 saturated heterocycles. The summed E-state index contributed by atoms with van der Waals surface area (Å²) < 4.78 is 3.92. The van der Waals surface area contributed by atoms with Gasteiger partial charge in [-0.25, -0.2) is 0 Å². The molecule has 0 saturated carbocycles. The van der Waals surface area contributed by atoms with Crippen LogP contribution in [0.2, 0.25) is 0 Å². The molecule has 1 aromatic carbocycles. The van der Waals surface area contributed by atoms with Gasteiger partial charge in [0.25, 0.3) is 0 Å². The fourth-order valence-electron chi connectivity index (χ4n) is 1.65. The Balaban J connectivity index is 2.29. The van der Waals surface area contributed by atoms with Gasteiger partial charge in [0.05, 0.1) is 11.7 Å². The van der Waals surface area contributed by atoms with Crippen LogP contribution in [0, 0.1) is 6.92 Å². The lowest BCUT2D eigenvalue weighted by molar-refractivity contribution is 0.613. The van der Waals surface area contributed by atoms with Gasteiger partial charge < -0.3 is 5.32 Å². The number of hydrogen-bond acceptors (Lipinski definition) is 4. The lowest BCUT2D eigenvalue weighted by Gasteiger charge is -2.15. The highest BCUT2D eigenvalue weighted by molar-refractivity contribution is 7.03. The van der Waals surface area contributed by atoms with Crippen LogP contribution < -0.4 is 5.32 Å². The van der Waals surface area contributed by atoms with Crippen LogP contribution >= 0.6 is 11.5 Å². The van der Waals surface area contributed by atoms with Crippen molar-refractivity contribution in [2.24, 2.45) is 0 Å². The maximum absolute atomic E-state index is 4.14. The zero-order valence-electron chi connectivity index (χ0n) is 9.47. The van der Waals surface area contributed by atoms with Crippen LogP contribution in [0.5, 0.6) is 0 Å². The summed E-state index contributed by atoms with van der Waals surface area (Å²) in [5.74, 6) is 0. The van der Waals surface area contributed by atoms with Gasteiger partial charge in [-0.05, 0) is 30.6 Å². The largest absolute Gasteiger partial charge is 0.305 e. The topological polar surface area (TPSA) is 37.8 Å². The lowest BCUT2D eigenvalue weighted by atomic mass is 10.0. The van der Waals surface area contributed by atoms with Gasteiger partial charge in [0.15, 0.2) is 0 Å². The first kappa shape index (κ1) is 11.2. The Kier molecular flexibility index (Phi) is 3.64. The van der Waals surface area contributed by atoms with Gasteiger partial charge in [0.2, 0.25) is 0 Å². The predicted octanol–water partition coefficient (Wildman–Crippen LogP) is 2.55. The molecule has 1 atom stereocenters. The number of aryl methyl sites for hydroxylation is 1. The second kappa shape index (κ2) is 5.18. The third kappa shape index (κ3) is 2.46. The fourth-order valence-corrected chi connectivity index (χ4v) is 2.13. The molecule has 1 N–H and O–H groups in total. The van der Waals surface area contributed by atoms with Gasteiger partial charge in [0.1, 0.15) is 0 Å². The quantitative estimate of drug-likeness (QED) is 0.882. The Bertz CT molecular complexity index is 422. The number of nitrogens with one attached hydrogen (secondary N) is 1. The molecular weight excluding hydrogens is 218 g/mol. The molecule has 0 aliphatic carbocycles. The third-order valence-corrected chi connectivity index (χ3v) is 3.01. The van der Waals surface area contributed by atoms with E-state index in [2.05, 4.69) is 53.0 Å². The molecule has 0 amide bonds. The number of benzene rings is 1. The summed E-state index contributed by atoms with van der Waals surface area (Å²) in [5, 5.41) is 9.56. The molecule has 0 bridgehead atoms. The summed E-state index contributed by atoms with van der Waals surface area (Å²) in [6.07, 6.45) is 0. The third-order valence-electron chi connectivity index (χ3n) is 2.49. The van der Waals surface area contributed by atoms with E-state index in [0.717, 1.165) is 12.2 Å². The lowest BCUT2D eigenvalue weighted by Crippen LogP contribution is -2.22. The molecule has 4 heteroatoms. The van der Waals surface area contributed by atoms with Crippen LogP contribution in [0.25, 0.3) is 0 Å². The number of nitrogens with zero attached hydrogens (tertiary/aromatic N) is 2. The van der Waals surface area contributed by atoms with Crippen molar-refractivity contribution in [3.63, 3.8) is 0 Å². The molecule has 1 unspecified atom stereocenters. The summed E-state index contributed by atoms with van der Waals surface area (Å²) in [5.41, 5.74) is 3.51. The molecule has 0 aliphatic heterocycles. The Morgan fingerprint density at radius 2 is 2.06 bits per heavy atom. The van der Waals surface area contributed by atoms with Crippen molar-refractivity contribution in [2.45, 2.75) is 19.9 Å². The first-order chi connectivity index (χ1) is 7.81. The molecule has 3 nitrogen and oxygen atoms in total. The first-order valence-corrected chi connectivity index (χ1v) is 6.22. The molecular formula is C12H15N3S. The van der Waals surface area contributed by atoms with Crippen LogP contribution in [0.3, 0.4) is 0 Å². The van der Waals surface area contributed by atoms with E-state index in [1.165, 1.54) is 22.7 Å². The van der Waals surface area contributed by atoms with Crippen molar-refractivity contribution < 1.29 is 0 Å². The minimum atomic E-state index is 0.157. The smallest absolute Gasteiger partial charge is 0.0970 e. The molecule has 0 radical (unpaired) electrons. The summed E-state index contributed by atoms with van der Waals surface area (Å²) >= 11 is 1.39. The van der Waals surface area contributed by atoms with E-state index >= 15 is 0 Å². The zero-order valence-corrected chi connectivity index (χ0v) is 10.3. The Morgan fingerprint density at radius 3 is 2.62 bits per heavy atom. The Labute approximate surface area is 99.7 Å². The van der Waals surface area contributed by atoms with Crippen LogP contribution in [0.15, 0.2) is 29.6 Å². The second-order valence-corrected chi connectivity index (χ2v) is 4.34. The fraction of sp³-hybridized carbons (Fsp3) is 0.333. The van der Waals surface area contributed by atoms with Crippen molar-refractivity contribution in [3.8, 4) is 0 Å². The first-order valence-electron chi connectivity index (χ1n) is 5.38. The highest BCUT2D eigenvalue weighted by Crippen LogP contribution is 2.21. The zero-order chi connectivity index (χ0) is 11.4. The van der Waals surface area contributed by atoms with Crippen LogP contribution in [-0.4, -0.2) is 16.1 Å². The number of aromatic nitrogens is 2. The van der Waals surface area contributed by atoms with Crippen molar-refractivity contribution >= 4 is 11.5 Å². The molecule has 1 aromatic heterocycles. The Morgan fingerprint density at radius 1 is 1.31 bits per heavy atom. The van der Waals surface area contributed by atoms with E-state index in [-0.39, 0.29) is 6.04 Å². The van der Waals surface area contributed by atoms with Gasteiger partial charge in [-0.3, -0.25) is 0 Å². The van der Waals surface area contributed by atoms with E-state index in [9.17, 15) is 0 Å². The van der Waals surface area contributed by atoms with Gasteiger partial charge in [-0.2, -0.15) is 0 Å². The maximum atomic E-state index is 4.14. The monoisotopic (exact) mass is 233 g/mol. The molecule has 0 spiro atoms. The predicted molar refractivity (Wildman–Crippen MR) is 66.6 cm³/mol. The van der Waals surface area contributed by atoms with Crippen molar-refractivity contribution in [3.05, 3.63) is 46.5 Å². The molecule has 2 aromatic rings. The Hall–Kier alpha value is -1.26. The minimum absolute atomic E-state index is 0.157. The maximum Gasteiger partial charge on any atom is 0.0970 e. The van der Waals surface area contributed by atoms with E-state index in [4.69, 9.17) is 0 Å². The van der Waals surface area contributed by atoms with E-state index in [1.807, 2.05) is 5.38 Å². The van der Waals surface area contributed by atoms with E-state index < -0.39 is 0 Å². The molecule has 0 fully saturated rings. The standard InChI is InChI=1S/C12H15N3S/c1-3-13-12(11-8-16-15-14-11)10-6-4-9(2)5-7-10/h4-8,12-13H,3H2,1-2H3. The normalized spacial score (nSPS) is 12.6. The summed E-state index contributed by atoms with van der Waals surface area (Å²) in [6, 6.07) is 8.69. The van der Waals surface area contributed by atoms with Crippen molar-refractivity contribution in [1.82, 2.24) is 14.9 Å². The van der Waals surface area contributed by atoms with Crippen molar-refractivity contribution in [2.75, 3.05) is 6.54 Å². The number of rotatable bonds is 4. The SMILES string of the molecule is CCNC(c1ccc(C)cc1)c1csnn1. The van der Waals surface area contributed by atoms with Gasteiger partial charge >= 0.3 is 0 Å². The average Bonchev–Trinajstić information content (AvgIpc) is 2.81. The van der Waals surface area contributed by atoms with E-state index in [0.29, 0.717) is 0 Å². The minimum Gasteiger partial charge on any atom is -0.305 e. The highest BCUT2D eigenvalue weighted by atomic mass is 32.1. The molecule has 1 heterocycles. The second-order valence-electron chi connectivity index (χ2n) is 3.73. The summed E-state index contributed by atoms with van der Waals surface area (Å²) in [6.45, 7) is 5.10. The van der Waals surface area contributed by atoms with Crippen LogP contribution in [0.1, 0.15) is 29.8 Å². The average molecular weight is 233 g/mol.